The summed E-state index contributed by atoms with van der Waals surface area (Å²) in [4.78, 5) is 0. The highest BCUT2D eigenvalue weighted by Crippen LogP contribution is 2.54. The molecule has 0 rings (SSSR count). The Morgan fingerprint density at radius 1 is 0.444 bits per heavy atom. The summed E-state index contributed by atoms with van der Waals surface area (Å²) in [6.45, 7) is 31.8. The van der Waals surface area contributed by atoms with Crippen LogP contribution in [0.3, 0.4) is 0 Å². The van der Waals surface area contributed by atoms with E-state index in [0.717, 1.165) is 0 Å². The van der Waals surface area contributed by atoms with E-state index in [2.05, 4.69) is 39.5 Å². The molecule has 2 N–H and O–H groups in total. The van der Waals surface area contributed by atoms with E-state index in [-0.39, 0.29) is 27.1 Å². The van der Waals surface area contributed by atoms with Gasteiger partial charge in [0.25, 0.3) is 0 Å². The molecule has 0 heterocycles. The Hall–Kier alpha value is -2.52. The van der Waals surface area contributed by atoms with Gasteiger partial charge in [0.05, 0.1) is 13.2 Å². The van der Waals surface area contributed by atoms with Gasteiger partial charge in [-0.15, -0.1) is 39.5 Å². The van der Waals surface area contributed by atoms with Gasteiger partial charge in [0, 0.05) is 12.8 Å². The number of hydrogen-bond acceptors (Lipinski definition) is 3. The van der Waals surface area contributed by atoms with Crippen LogP contribution in [-0.2, 0) is 4.74 Å². The Morgan fingerprint density at radius 2 is 0.578 bits per heavy atom. The highest BCUT2D eigenvalue weighted by Gasteiger charge is 2.80. The second-order valence-corrected chi connectivity index (χ2v) is 7.30. The van der Waals surface area contributed by atoms with Crippen LogP contribution in [0, 0.1) is 0 Å². The second kappa shape index (κ2) is 34.4. The zero-order valence-corrected chi connectivity index (χ0v) is 27.4. The van der Waals surface area contributed by atoms with Gasteiger partial charge < -0.3 is 10.2 Å². The second-order valence-electron chi connectivity index (χ2n) is 7.30. The van der Waals surface area contributed by atoms with Gasteiger partial charge in [-0.3, -0.25) is 0 Å². The van der Waals surface area contributed by atoms with Gasteiger partial charge in [-0.1, -0.05) is 50.3 Å². The highest BCUT2D eigenvalue weighted by atomic mass is 19.4. The minimum Gasteiger partial charge on any atom is -0.394 e. The molecule has 0 aliphatic heterocycles. The van der Waals surface area contributed by atoms with Crippen LogP contribution < -0.4 is 0 Å². The molecule has 0 aliphatic rings. The van der Waals surface area contributed by atoms with Crippen LogP contribution in [0.2, 0.25) is 0 Å². The molecule has 0 bridgehead atoms. The van der Waals surface area contributed by atoms with E-state index in [1.54, 1.807) is 41.2 Å². The molecule has 0 radical (unpaired) electrons. The Labute approximate surface area is 261 Å². The van der Waals surface area contributed by atoms with E-state index < -0.39 is 48.7 Å². The van der Waals surface area contributed by atoms with Crippen molar-refractivity contribution in [1.82, 2.24) is 0 Å². The molecule has 274 valence electrons. The van der Waals surface area contributed by atoms with Gasteiger partial charge in [-0.25, -0.2) is 4.74 Å². The van der Waals surface area contributed by atoms with E-state index in [1.165, 1.54) is 0 Å². The predicted molar refractivity (Wildman–Crippen MR) is 161 cm³/mol. The van der Waals surface area contributed by atoms with Crippen LogP contribution in [0.25, 0.3) is 0 Å². The summed E-state index contributed by atoms with van der Waals surface area (Å²) in [5, 5.41) is 15.2. The van der Waals surface area contributed by atoms with Crippen LogP contribution in [0.5, 0.6) is 0 Å². The molecular formula is C30H52F12O3. The lowest BCUT2D eigenvalue weighted by Gasteiger charge is -2.37. The minimum atomic E-state index is -6.86. The minimum absolute atomic E-state index is 0.125. The molecule has 0 aliphatic carbocycles. The maximum atomic E-state index is 12.9. The maximum absolute atomic E-state index is 12.9. The van der Waals surface area contributed by atoms with Crippen molar-refractivity contribution in [2.24, 2.45) is 0 Å². The molecule has 0 unspecified atom stereocenters. The van der Waals surface area contributed by atoms with Gasteiger partial charge in [-0.05, 0) is 41.5 Å². The third kappa shape index (κ3) is 29.9. The van der Waals surface area contributed by atoms with Crippen LogP contribution in [0.1, 0.15) is 68.2 Å². The number of alkyl halides is 12. The predicted octanol–water partition coefficient (Wildman–Crippen LogP) is 11.7. The fourth-order valence-electron chi connectivity index (χ4n) is 1.16. The first kappa shape index (κ1) is 61.5. The van der Waals surface area contributed by atoms with Gasteiger partial charge >= 0.3 is 35.9 Å². The molecule has 0 amide bonds. The van der Waals surface area contributed by atoms with Crippen LogP contribution >= 0.6 is 0 Å². The van der Waals surface area contributed by atoms with Crippen molar-refractivity contribution >= 4 is 0 Å². The lowest BCUT2D eigenvalue weighted by Crippen LogP contribution is -2.62. The molecular weight excluding hydrogens is 636 g/mol. The molecule has 45 heavy (non-hydrogen) atoms. The number of aliphatic hydroxyl groups is 2. The van der Waals surface area contributed by atoms with E-state index in [4.69, 9.17) is 10.2 Å². The van der Waals surface area contributed by atoms with Crippen LogP contribution in [-0.4, -0.2) is 59.3 Å². The van der Waals surface area contributed by atoms with Crippen molar-refractivity contribution in [2.75, 3.05) is 13.2 Å². The zero-order chi connectivity index (χ0) is 38.8. The Balaban J connectivity index is -0.0000000838. The molecule has 3 nitrogen and oxygen atoms in total. The molecule has 0 saturated carbocycles. The molecule has 0 spiro atoms. The lowest BCUT2D eigenvalue weighted by molar-refractivity contribution is -0.500. The van der Waals surface area contributed by atoms with Gasteiger partial charge in [0.1, 0.15) is 0 Å². The summed E-state index contributed by atoms with van der Waals surface area (Å²) in [6.07, 6.45) is -7.20. The number of aliphatic hydroxyl groups excluding tert-OH is 2. The van der Waals surface area contributed by atoms with Crippen LogP contribution in [0.15, 0.2) is 75.9 Å². The third-order valence-electron chi connectivity index (χ3n) is 2.89. The summed E-state index contributed by atoms with van der Waals surface area (Å²) in [7, 11) is 0. The van der Waals surface area contributed by atoms with Crippen molar-refractivity contribution in [3.63, 3.8) is 0 Å². The fourth-order valence-corrected chi connectivity index (χ4v) is 1.16. The Kier molecular flexibility index (Phi) is 46.9. The van der Waals surface area contributed by atoms with E-state index in [1.807, 2.05) is 41.5 Å². The summed E-state index contributed by atoms with van der Waals surface area (Å²) in [5.41, 5.74) is 0. The Bertz CT molecular complexity index is 624. The van der Waals surface area contributed by atoms with Crippen molar-refractivity contribution in [1.29, 1.82) is 0 Å². The first-order chi connectivity index (χ1) is 20.2. The molecule has 0 atom stereocenters. The first-order valence-corrected chi connectivity index (χ1v) is 12.8. The van der Waals surface area contributed by atoms with Crippen molar-refractivity contribution in [3.8, 4) is 0 Å². The average molecular weight is 689 g/mol. The molecule has 0 saturated heterocycles. The quantitative estimate of drug-likeness (QED) is 0.187. The molecule has 15 heteroatoms. The largest absolute Gasteiger partial charge is 0.430 e. The standard InChI is InChI=1S/C10H10F12O.6C3H6.C2H6O2/c1-3-5(11,12)7(15,16)9(19,20)23-10(21,22)8(17,18)6(13,14)4-2;6*1-3-2;3-1-2-4/h3-4H2,1-2H3;6*3H,1H2,2H3;3-4H,1-2H2. The average Bonchev–Trinajstić information content (AvgIpc) is 2.90. The molecule has 0 aromatic rings. The topological polar surface area (TPSA) is 49.7 Å². The SMILES string of the molecule is C=CC.C=CC.C=CC.C=CC.C=CC.C=CC.CCC(F)(F)C(F)(F)C(F)(F)OC(F)(F)C(F)(F)C(F)(F)CC.OCCO. The first-order valence-electron chi connectivity index (χ1n) is 12.8. The molecule has 0 aromatic heterocycles. The Morgan fingerprint density at radius 3 is 0.667 bits per heavy atom. The number of halogens is 12. The summed E-state index contributed by atoms with van der Waals surface area (Å²) in [5.74, 6) is -24.6. The molecule has 0 fully saturated rings. The number of hydrogen-bond donors (Lipinski definition) is 2. The molecule has 0 aromatic carbocycles. The highest BCUT2D eigenvalue weighted by molar-refractivity contribution is 4.96. The van der Waals surface area contributed by atoms with Crippen molar-refractivity contribution < 1.29 is 67.6 Å². The fraction of sp³-hybridized carbons (Fsp3) is 0.600. The monoisotopic (exact) mass is 688 g/mol. The van der Waals surface area contributed by atoms with Crippen molar-refractivity contribution in [2.45, 2.75) is 104 Å². The normalized spacial score (nSPS) is 10.5. The van der Waals surface area contributed by atoms with E-state index in [0.29, 0.717) is 0 Å². The number of rotatable bonds is 9. The summed E-state index contributed by atoms with van der Waals surface area (Å²) in [6, 6.07) is 0. The zero-order valence-electron chi connectivity index (χ0n) is 27.4. The number of allylic oxidation sites excluding steroid dienone is 6. The van der Waals surface area contributed by atoms with E-state index >= 15 is 0 Å². The maximum Gasteiger partial charge on any atom is 0.430 e. The van der Waals surface area contributed by atoms with Crippen LogP contribution in [0.4, 0.5) is 52.7 Å². The summed E-state index contributed by atoms with van der Waals surface area (Å²) >= 11 is 0. The van der Waals surface area contributed by atoms with Gasteiger partial charge in [-0.2, -0.15) is 52.7 Å². The smallest absolute Gasteiger partial charge is 0.394 e. The van der Waals surface area contributed by atoms with Gasteiger partial charge in [0.2, 0.25) is 0 Å². The number of ether oxygens (including phenoxy) is 1. The van der Waals surface area contributed by atoms with Crippen molar-refractivity contribution in [3.05, 3.63) is 75.9 Å². The van der Waals surface area contributed by atoms with E-state index in [9.17, 15) is 52.7 Å². The van der Waals surface area contributed by atoms with Gasteiger partial charge in [0.15, 0.2) is 0 Å². The lowest BCUT2D eigenvalue weighted by atomic mass is 10.1. The third-order valence-corrected chi connectivity index (χ3v) is 2.89. The summed E-state index contributed by atoms with van der Waals surface area (Å²) < 4.78 is 156.